The molecule has 3 heteroatoms. The van der Waals surface area contributed by atoms with Crippen molar-refractivity contribution in [2.45, 2.75) is 58.4 Å². The second-order valence-electron chi connectivity index (χ2n) is 5.31. The Morgan fingerprint density at radius 1 is 1.33 bits per heavy atom. The molecule has 1 atom stereocenters. The van der Waals surface area contributed by atoms with Crippen molar-refractivity contribution in [3.05, 3.63) is 0 Å². The van der Waals surface area contributed by atoms with Gasteiger partial charge >= 0.3 is 0 Å². The summed E-state index contributed by atoms with van der Waals surface area (Å²) in [4.78, 5) is 0. The summed E-state index contributed by atoms with van der Waals surface area (Å²) in [6, 6.07) is 0. The highest BCUT2D eigenvalue weighted by Crippen LogP contribution is 2.36. The molecule has 15 heavy (non-hydrogen) atoms. The summed E-state index contributed by atoms with van der Waals surface area (Å²) >= 11 is 0. The average molecular weight is 228 g/mol. The Balaban J connectivity index is 3.99. The summed E-state index contributed by atoms with van der Waals surface area (Å²) in [6.07, 6.45) is 0.0626. The van der Waals surface area contributed by atoms with Gasteiger partial charge in [0.25, 0.3) is 0 Å². The minimum absolute atomic E-state index is 0.231. The number of hydrogen-bond donors (Lipinski definition) is 1. The highest BCUT2D eigenvalue weighted by atomic mass is 28.4. The topological polar surface area (TPSA) is 29.5 Å². The number of hydrogen-bond acceptors (Lipinski definition) is 2. The third-order valence-electron chi connectivity index (χ3n) is 2.97. The fourth-order valence-electron chi connectivity index (χ4n) is 0.881. The molecule has 0 saturated heterocycles. The van der Waals surface area contributed by atoms with Crippen LogP contribution in [0.2, 0.25) is 18.1 Å². The molecule has 0 bridgehead atoms. The van der Waals surface area contributed by atoms with E-state index in [1.54, 1.807) is 6.92 Å². The number of aliphatic hydroxyl groups excluding tert-OH is 1. The van der Waals surface area contributed by atoms with Gasteiger partial charge in [0.1, 0.15) is 6.10 Å². The monoisotopic (exact) mass is 228 g/mol. The number of rotatable bonds is 4. The van der Waals surface area contributed by atoms with Crippen molar-refractivity contribution in [3.8, 4) is 11.8 Å². The van der Waals surface area contributed by atoms with Crippen LogP contribution in [0.3, 0.4) is 0 Å². The maximum atomic E-state index is 9.41. The molecular weight excluding hydrogens is 204 g/mol. The lowest BCUT2D eigenvalue weighted by atomic mass is 10.2. The molecule has 0 aromatic heterocycles. The van der Waals surface area contributed by atoms with Crippen LogP contribution in [-0.2, 0) is 4.43 Å². The van der Waals surface area contributed by atoms with Gasteiger partial charge in [-0.3, -0.25) is 0 Å². The van der Waals surface area contributed by atoms with E-state index in [0.717, 1.165) is 0 Å². The summed E-state index contributed by atoms with van der Waals surface area (Å²) in [5.74, 6) is 5.41. The molecule has 0 heterocycles. The first-order chi connectivity index (χ1) is 6.70. The fourth-order valence-corrected chi connectivity index (χ4v) is 1.94. The summed E-state index contributed by atoms with van der Waals surface area (Å²) in [7, 11) is -1.65. The molecule has 0 unspecified atom stereocenters. The summed E-state index contributed by atoms with van der Waals surface area (Å²) in [6.45, 7) is 13.4. The smallest absolute Gasteiger partial charge is 0.191 e. The molecule has 0 aliphatic carbocycles. The summed E-state index contributed by atoms with van der Waals surface area (Å²) < 4.78 is 5.92. The molecule has 2 nitrogen and oxygen atoms in total. The maximum Gasteiger partial charge on any atom is 0.191 e. The molecule has 0 aromatic rings. The predicted molar refractivity (Wildman–Crippen MR) is 67.2 cm³/mol. The van der Waals surface area contributed by atoms with E-state index < -0.39 is 14.4 Å². The van der Waals surface area contributed by atoms with Crippen LogP contribution in [-0.4, -0.2) is 26.1 Å². The fraction of sp³-hybridized carbons (Fsp3) is 0.833. The summed E-state index contributed by atoms with van der Waals surface area (Å²) in [5.41, 5.74) is 0. The minimum Gasteiger partial charge on any atom is -0.417 e. The normalized spacial score (nSPS) is 14.3. The van der Waals surface area contributed by atoms with Gasteiger partial charge in [-0.15, -0.1) is 5.92 Å². The number of aliphatic hydroxyl groups is 1. The van der Waals surface area contributed by atoms with Crippen LogP contribution in [0, 0.1) is 11.8 Å². The van der Waals surface area contributed by atoms with Crippen molar-refractivity contribution in [2.75, 3.05) is 6.61 Å². The van der Waals surface area contributed by atoms with Crippen LogP contribution in [0.15, 0.2) is 0 Å². The lowest BCUT2D eigenvalue weighted by Crippen LogP contribution is -2.41. The molecule has 0 amide bonds. The van der Waals surface area contributed by atoms with Crippen LogP contribution in [0.1, 0.15) is 34.1 Å². The van der Waals surface area contributed by atoms with Crippen molar-refractivity contribution in [1.82, 2.24) is 0 Å². The molecular formula is C12H24O2Si. The second kappa shape index (κ2) is 5.69. The Bertz CT molecular complexity index is 243. The Kier molecular flexibility index (Phi) is 5.58. The van der Waals surface area contributed by atoms with Crippen LogP contribution < -0.4 is 0 Å². The first-order valence-corrected chi connectivity index (χ1v) is 8.36. The zero-order valence-corrected chi connectivity index (χ0v) is 11.8. The zero-order chi connectivity index (χ0) is 12.1. The lowest BCUT2D eigenvalue weighted by Gasteiger charge is -2.36. The van der Waals surface area contributed by atoms with Gasteiger partial charge in [0.2, 0.25) is 0 Å². The molecule has 0 saturated carbocycles. The van der Waals surface area contributed by atoms with E-state index in [0.29, 0.717) is 13.0 Å². The molecule has 0 rings (SSSR count). The standard InChI is InChI=1S/C12H24O2Si/c1-7-8-11(13)9-10-14-15(5,6)12(2,3)4/h11,13H,9-10H2,1-6H3/t11-/m1/s1. The molecule has 0 radical (unpaired) electrons. The Hall–Kier alpha value is -0.303. The van der Waals surface area contributed by atoms with E-state index in [-0.39, 0.29) is 5.04 Å². The van der Waals surface area contributed by atoms with E-state index >= 15 is 0 Å². The van der Waals surface area contributed by atoms with Gasteiger partial charge in [-0.05, 0) is 25.1 Å². The average Bonchev–Trinajstić information content (AvgIpc) is 2.01. The highest BCUT2D eigenvalue weighted by molar-refractivity contribution is 6.74. The van der Waals surface area contributed by atoms with Gasteiger partial charge < -0.3 is 9.53 Å². The van der Waals surface area contributed by atoms with Gasteiger partial charge in [0, 0.05) is 13.0 Å². The Morgan fingerprint density at radius 3 is 2.27 bits per heavy atom. The predicted octanol–water partition coefficient (Wildman–Crippen LogP) is 2.78. The van der Waals surface area contributed by atoms with Crippen molar-refractivity contribution in [3.63, 3.8) is 0 Å². The van der Waals surface area contributed by atoms with Gasteiger partial charge in [0.15, 0.2) is 8.32 Å². The van der Waals surface area contributed by atoms with Crippen LogP contribution in [0.5, 0.6) is 0 Å². The van der Waals surface area contributed by atoms with Gasteiger partial charge in [-0.1, -0.05) is 26.7 Å². The summed E-state index contributed by atoms with van der Waals surface area (Å²) in [5, 5.41) is 9.64. The van der Waals surface area contributed by atoms with E-state index in [2.05, 4.69) is 45.7 Å². The molecule has 1 N–H and O–H groups in total. The second-order valence-corrected chi connectivity index (χ2v) is 10.1. The van der Waals surface area contributed by atoms with Gasteiger partial charge in [-0.25, -0.2) is 0 Å². The zero-order valence-electron chi connectivity index (χ0n) is 10.8. The van der Waals surface area contributed by atoms with E-state index in [4.69, 9.17) is 4.43 Å². The molecule has 0 fully saturated rings. The molecule has 0 aliphatic heterocycles. The molecule has 0 aliphatic rings. The quantitative estimate of drug-likeness (QED) is 0.592. The van der Waals surface area contributed by atoms with E-state index in [1.807, 2.05) is 0 Å². The Morgan fingerprint density at radius 2 is 1.87 bits per heavy atom. The van der Waals surface area contributed by atoms with Gasteiger partial charge in [0.05, 0.1) is 0 Å². The van der Waals surface area contributed by atoms with Crippen molar-refractivity contribution < 1.29 is 9.53 Å². The van der Waals surface area contributed by atoms with Crippen LogP contribution in [0.4, 0.5) is 0 Å². The van der Waals surface area contributed by atoms with Crippen LogP contribution >= 0.6 is 0 Å². The van der Waals surface area contributed by atoms with E-state index in [9.17, 15) is 5.11 Å². The lowest BCUT2D eigenvalue weighted by molar-refractivity contribution is 0.179. The third-order valence-corrected chi connectivity index (χ3v) is 7.51. The molecule has 0 spiro atoms. The molecule has 88 valence electrons. The van der Waals surface area contributed by atoms with Crippen molar-refractivity contribution in [2.24, 2.45) is 0 Å². The SMILES string of the molecule is CC#C[C@@H](O)CCO[Si](C)(C)C(C)(C)C. The first kappa shape index (κ1) is 14.7. The first-order valence-electron chi connectivity index (χ1n) is 5.45. The van der Waals surface area contributed by atoms with Crippen molar-refractivity contribution >= 4 is 8.32 Å². The highest BCUT2D eigenvalue weighted by Gasteiger charge is 2.36. The van der Waals surface area contributed by atoms with Gasteiger partial charge in [-0.2, -0.15) is 0 Å². The largest absolute Gasteiger partial charge is 0.417 e. The minimum atomic E-state index is -1.65. The molecule has 0 aromatic carbocycles. The third kappa shape index (κ3) is 5.36. The van der Waals surface area contributed by atoms with Crippen molar-refractivity contribution in [1.29, 1.82) is 0 Å². The van der Waals surface area contributed by atoms with Crippen LogP contribution in [0.25, 0.3) is 0 Å². The Labute approximate surface area is 95.2 Å². The van der Waals surface area contributed by atoms with E-state index in [1.165, 1.54) is 0 Å². The maximum absolute atomic E-state index is 9.41.